The van der Waals surface area contributed by atoms with Crippen LogP contribution in [-0.2, 0) is 10.0 Å². The van der Waals surface area contributed by atoms with Crippen LogP contribution in [0.4, 0.5) is 20.6 Å². The quantitative estimate of drug-likeness (QED) is 0.312. The first-order chi connectivity index (χ1) is 20.3. The second-order valence-electron chi connectivity index (χ2n) is 10.6. The lowest BCUT2D eigenvalue weighted by Crippen LogP contribution is -2.51. The highest BCUT2D eigenvalue weighted by atomic mass is 32.2. The van der Waals surface area contributed by atoms with Crippen LogP contribution in [-0.4, -0.2) is 61.3 Å². The summed E-state index contributed by atoms with van der Waals surface area (Å²) in [5.41, 5.74) is 2.20. The van der Waals surface area contributed by atoms with Gasteiger partial charge >= 0.3 is 6.03 Å². The Morgan fingerprint density at radius 1 is 0.881 bits per heavy atom. The highest BCUT2D eigenvalue weighted by molar-refractivity contribution is 7.93. The molecule has 0 unspecified atom stereocenters. The van der Waals surface area contributed by atoms with Gasteiger partial charge < -0.3 is 15.1 Å². The zero-order valence-corrected chi connectivity index (χ0v) is 23.6. The van der Waals surface area contributed by atoms with Crippen LogP contribution in [0.2, 0.25) is 0 Å². The predicted molar refractivity (Wildman–Crippen MR) is 158 cm³/mol. The van der Waals surface area contributed by atoms with E-state index >= 15 is 0 Å². The lowest BCUT2D eigenvalue weighted by atomic mass is 9.80. The molecule has 1 aliphatic carbocycles. The average Bonchev–Trinajstić information content (AvgIpc) is 2.97. The molecule has 11 heteroatoms. The number of hydrogen-bond acceptors (Lipinski definition) is 5. The van der Waals surface area contributed by atoms with Crippen molar-refractivity contribution in [1.29, 1.82) is 0 Å². The predicted octanol–water partition coefficient (Wildman–Crippen LogP) is 5.43. The second-order valence-corrected chi connectivity index (χ2v) is 12.2. The van der Waals surface area contributed by atoms with Crippen molar-refractivity contribution < 1.29 is 22.4 Å². The summed E-state index contributed by atoms with van der Waals surface area (Å²) in [6.45, 7) is 1.24. The number of urea groups is 1. The Hall–Kier alpha value is -4.51. The number of pyridine rings is 1. The maximum absolute atomic E-state index is 14.6. The van der Waals surface area contributed by atoms with Crippen LogP contribution in [0.15, 0.2) is 83.9 Å². The number of nitrogens with one attached hydrogen (secondary N) is 2. The molecule has 0 radical (unpaired) electrons. The summed E-state index contributed by atoms with van der Waals surface area (Å²) in [6.07, 6.45) is 4.85. The summed E-state index contributed by atoms with van der Waals surface area (Å²) < 4.78 is 43.3. The minimum Gasteiger partial charge on any atom is -0.335 e. The fraction of sp³-hybridized carbons (Fsp3) is 0.258. The molecular weight excluding hydrogens is 557 g/mol. The van der Waals surface area contributed by atoms with E-state index in [2.05, 4.69) is 15.0 Å². The minimum atomic E-state index is -3.91. The van der Waals surface area contributed by atoms with Gasteiger partial charge in [-0.25, -0.2) is 17.6 Å². The van der Waals surface area contributed by atoms with Crippen molar-refractivity contribution in [2.75, 3.05) is 36.2 Å². The van der Waals surface area contributed by atoms with Crippen LogP contribution in [0.5, 0.6) is 0 Å². The number of rotatable bonds is 6. The number of carbonyl (C=O) groups excluding carboxylic acids is 2. The molecule has 3 aromatic carbocycles. The molecule has 2 heterocycles. The molecule has 3 amide bonds. The van der Waals surface area contributed by atoms with E-state index in [0.717, 1.165) is 24.8 Å². The standard InChI is InChI=1S/C31H30FN5O4S/c32-26-20-24(21-4-1-5-21)11-14-27(26)34-31(39)37-18-16-36(17-19-37)30(38)23-9-12-25(13-10-23)35-42(40,41)28-8-2-6-22-7-3-15-33-29(22)28/h2-3,6-15,20-21,35H,1,4-5,16-19H2,(H,34,39). The number of amides is 3. The van der Waals surface area contributed by atoms with E-state index in [1.807, 2.05) is 6.07 Å². The van der Waals surface area contributed by atoms with Crippen molar-refractivity contribution in [3.63, 3.8) is 0 Å². The Morgan fingerprint density at radius 2 is 1.60 bits per heavy atom. The van der Waals surface area contributed by atoms with Crippen molar-refractivity contribution in [1.82, 2.24) is 14.8 Å². The minimum absolute atomic E-state index is 0.0658. The smallest absolute Gasteiger partial charge is 0.322 e. The second kappa shape index (κ2) is 11.4. The van der Waals surface area contributed by atoms with Crippen LogP contribution in [0.3, 0.4) is 0 Å². The average molecular weight is 588 g/mol. The van der Waals surface area contributed by atoms with Crippen molar-refractivity contribution in [3.8, 4) is 0 Å². The van der Waals surface area contributed by atoms with E-state index in [-0.39, 0.29) is 16.5 Å². The summed E-state index contributed by atoms with van der Waals surface area (Å²) in [5, 5.41) is 3.36. The van der Waals surface area contributed by atoms with Gasteiger partial charge in [-0.2, -0.15) is 0 Å². The fourth-order valence-corrected chi connectivity index (χ4v) is 6.54. The normalized spacial score (nSPS) is 15.7. The number of para-hydroxylation sites is 1. The van der Waals surface area contributed by atoms with Gasteiger partial charge in [0.15, 0.2) is 0 Å². The van der Waals surface area contributed by atoms with Gasteiger partial charge in [0.25, 0.3) is 15.9 Å². The van der Waals surface area contributed by atoms with Crippen LogP contribution >= 0.6 is 0 Å². The van der Waals surface area contributed by atoms with Gasteiger partial charge in [-0.05, 0) is 72.9 Å². The van der Waals surface area contributed by atoms with Gasteiger partial charge in [0.1, 0.15) is 10.7 Å². The Kier molecular flexibility index (Phi) is 7.51. The number of anilines is 2. The van der Waals surface area contributed by atoms with E-state index in [9.17, 15) is 22.4 Å². The lowest BCUT2D eigenvalue weighted by Gasteiger charge is -2.34. The highest BCUT2D eigenvalue weighted by Crippen LogP contribution is 2.37. The van der Waals surface area contributed by atoms with E-state index in [1.54, 1.807) is 58.5 Å². The van der Waals surface area contributed by atoms with Gasteiger partial charge in [-0.1, -0.05) is 30.7 Å². The number of aromatic nitrogens is 1. The van der Waals surface area contributed by atoms with E-state index in [0.29, 0.717) is 54.3 Å². The molecule has 2 aliphatic rings. The van der Waals surface area contributed by atoms with Gasteiger partial charge in [-0.15, -0.1) is 0 Å². The molecule has 1 aromatic heterocycles. The zero-order valence-electron chi connectivity index (χ0n) is 22.8. The van der Waals surface area contributed by atoms with E-state index in [4.69, 9.17) is 0 Å². The Balaban J connectivity index is 1.04. The summed E-state index contributed by atoms with van der Waals surface area (Å²) in [5.74, 6) is -0.260. The van der Waals surface area contributed by atoms with Crippen molar-refractivity contribution in [3.05, 3.63) is 95.9 Å². The molecule has 0 bridgehead atoms. The molecule has 1 aliphatic heterocycles. The maximum Gasteiger partial charge on any atom is 0.322 e. The number of sulfonamides is 1. The summed E-state index contributed by atoms with van der Waals surface area (Å²) in [4.78, 5) is 33.3. The molecule has 42 heavy (non-hydrogen) atoms. The monoisotopic (exact) mass is 587 g/mol. The highest BCUT2D eigenvalue weighted by Gasteiger charge is 2.26. The van der Waals surface area contributed by atoms with Crippen LogP contribution in [0.25, 0.3) is 10.9 Å². The third-order valence-electron chi connectivity index (χ3n) is 7.93. The number of carbonyl (C=O) groups is 2. The number of hydrogen-bond donors (Lipinski definition) is 2. The van der Waals surface area contributed by atoms with E-state index < -0.39 is 21.9 Å². The van der Waals surface area contributed by atoms with Gasteiger partial charge in [0, 0.05) is 49.0 Å². The molecular formula is C31H30FN5O4S. The first-order valence-corrected chi connectivity index (χ1v) is 15.4. The van der Waals surface area contributed by atoms with Crippen molar-refractivity contribution >= 4 is 44.2 Å². The lowest BCUT2D eigenvalue weighted by molar-refractivity contribution is 0.0671. The SMILES string of the molecule is O=C(Nc1ccc(C2CCC2)cc1F)N1CCN(C(=O)c2ccc(NS(=O)(=O)c3cccc4cccnc34)cc2)CC1. The Morgan fingerprint density at radius 3 is 2.29 bits per heavy atom. The van der Waals surface area contributed by atoms with Gasteiger partial charge in [0.05, 0.1) is 11.2 Å². The van der Waals surface area contributed by atoms with Crippen molar-refractivity contribution in [2.24, 2.45) is 0 Å². The van der Waals surface area contributed by atoms with Crippen molar-refractivity contribution in [2.45, 2.75) is 30.1 Å². The third-order valence-corrected chi connectivity index (χ3v) is 9.35. The molecule has 1 saturated heterocycles. The molecule has 216 valence electrons. The zero-order chi connectivity index (χ0) is 29.3. The van der Waals surface area contributed by atoms with Crippen LogP contribution in [0.1, 0.15) is 41.1 Å². The molecule has 0 atom stereocenters. The molecule has 4 aromatic rings. The van der Waals surface area contributed by atoms with Crippen LogP contribution < -0.4 is 10.0 Å². The number of halogens is 1. The topological polar surface area (TPSA) is 112 Å². The Bertz CT molecular complexity index is 1750. The fourth-order valence-electron chi connectivity index (χ4n) is 5.30. The summed E-state index contributed by atoms with van der Waals surface area (Å²) in [6, 6.07) is 19.3. The van der Waals surface area contributed by atoms with Gasteiger partial charge in [0.2, 0.25) is 0 Å². The summed E-state index contributed by atoms with van der Waals surface area (Å²) >= 11 is 0. The molecule has 9 nitrogen and oxygen atoms in total. The molecule has 2 N–H and O–H groups in total. The maximum atomic E-state index is 14.6. The Labute approximate surface area is 243 Å². The number of fused-ring (bicyclic) bond motifs is 1. The summed E-state index contributed by atoms with van der Waals surface area (Å²) in [7, 11) is -3.91. The molecule has 6 rings (SSSR count). The number of benzene rings is 3. The van der Waals surface area contributed by atoms with E-state index in [1.165, 1.54) is 24.3 Å². The van der Waals surface area contributed by atoms with Crippen LogP contribution in [0, 0.1) is 5.82 Å². The molecule has 1 saturated carbocycles. The first-order valence-electron chi connectivity index (χ1n) is 13.9. The molecule has 0 spiro atoms. The third kappa shape index (κ3) is 5.64. The number of piperazine rings is 1. The largest absolute Gasteiger partial charge is 0.335 e. The molecule has 2 fully saturated rings. The first kappa shape index (κ1) is 27.6. The number of nitrogens with zero attached hydrogens (tertiary/aromatic N) is 3. The van der Waals surface area contributed by atoms with Gasteiger partial charge in [-0.3, -0.25) is 14.5 Å².